The summed E-state index contributed by atoms with van der Waals surface area (Å²) in [7, 11) is 0. The van der Waals surface area contributed by atoms with E-state index in [2.05, 4.69) is 10.1 Å². The fourth-order valence-corrected chi connectivity index (χ4v) is 1.55. The molecule has 96 valence electrons. The lowest BCUT2D eigenvalue weighted by Gasteiger charge is -2.03. The average molecular weight is 256 g/mol. The van der Waals surface area contributed by atoms with Crippen molar-refractivity contribution >= 4 is 5.95 Å². The van der Waals surface area contributed by atoms with E-state index in [1.54, 1.807) is 0 Å². The Bertz CT molecular complexity index is 557. The number of aromatic nitrogens is 3. The molecule has 0 aliphatic heterocycles. The minimum absolute atomic E-state index is 0.00115. The Morgan fingerprint density at radius 3 is 2.39 bits per heavy atom. The van der Waals surface area contributed by atoms with E-state index >= 15 is 0 Å². The number of benzene rings is 1. The van der Waals surface area contributed by atoms with Crippen molar-refractivity contribution in [2.45, 2.75) is 19.8 Å². The van der Waals surface area contributed by atoms with E-state index in [0.717, 1.165) is 23.2 Å². The first kappa shape index (κ1) is 12.4. The Labute approximate surface area is 101 Å². The Hall–Kier alpha value is -2.05. The zero-order chi connectivity index (χ0) is 13.3. The summed E-state index contributed by atoms with van der Waals surface area (Å²) in [5, 5.41) is 4.01. The van der Waals surface area contributed by atoms with Crippen LogP contribution in [0, 0.1) is 17.5 Å². The summed E-state index contributed by atoms with van der Waals surface area (Å²) in [6.07, 6.45) is 1.42. The van der Waals surface area contributed by atoms with Crippen molar-refractivity contribution in [2.24, 2.45) is 0 Å². The summed E-state index contributed by atoms with van der Waals surface area (Å²) in [6.45, 7) is 1.94. The van der Waals surface area contributed by atoms with Crippen molar-refractivity contribution in [3.63, 3.8) is 0 Å². The molecule has 7 heteroatoms. The van der Waals surface area contributed by atoms with E-state index < -0.39 is 17.5 Å². The molecule has 1 aromatic heterocycles. The van der Waals surface area contributed by atoms with Crippen LogP contribution in [0.4, 0.5) is 19.1 Å². The third-order valence-electron chi connectivity index (χ3n) is 2.36. The fraction of sp³-hybridized carbons (Fsp3) is 0.273. The molecule has 2 aromatic rings. The molecular weight excluding hydrogens is 245 g/mol. The van der Waals surface area contributed by atoms with E-state index in [1.165, 1.54) is 0 Å². The van der Waals surface area contributed by atoms with Crippen LogP contribution in [-0.4, -0.2) is 14.8 Å². The Morgan fingerprint density at radius 1 is 1.22 bits per heavy atom. The predicted molar refractivity (Wildman–Crippen MR) is 59.6 cm³/mol. The Kier molecular flexibility index (Phi) is 3.22. The number of halogens is 3. The van der Waals surface area contributed by atoms with Gasteiger partial charge in [-0.2, -0.15) is 9.67 Å². The van der Waals surface area contributed by atoms with E-state index in [1.807, 2.05) is 6.92 Å². The van der Waals surface area contributed by atoms with Gasteiger partial charge in [-0.25, -0.2) is 13.2 Å². The van der Waals surface area contributed by atoms with Crippen molar-refractivity contribution in [2.75, 3.05) is 5.73 Å². The molecule has 0 atom stereocenters. The first-order valence-corrected chi connectivity index (χ1v) is 5.39. The number of anilines is 1. The molecule has 0 aliphatic rings. The van der Waals surface area contributed by atoms with Gasteiger partial charge in [0.15, 0.2) is 23.3 Å². The summed E-state index contributed by atoms with van der Waals surface area (Å²) < 4.78 is 40.1. The van der Waals surface area contributed by atoms with Crippen molar-refractivity contribution in [1.29, 1.82) is 0 Å². The van der Waals surface area contributed by atoms with Gasteiger partial charge in [0, 0.05) is 18.6 Å². The minimum atomic E-state index is -1.52. The molecule has 2 N–H and O–H groups in total. The highest BCUT2D eigenvalue weighted by molar-refractivity contribution is 5.38. The molecule has 0 unspecified atom stereocenters. The first-order chi connectivity index (χ1) is 8.52. The largest absolute Gasteiger partial charge is 0.368 e. The maximum absolute atomic E-state index is 13.1. The second kappa shape index (κ2) is 4.67. The lowest BCUT2D eigenvalue weighted by atomic mass is 10.3. The summed E-state index contributed by atoms with van der Waals surface area (Å²) >= 11 is 0. The van der Waals surface area contributed by atoms with Gasteiger partial charge in [0.1, 0.15) is 0 Å². The van der Waals surface area contributed by atoms with Crippen molar-refractivity contribution in [1.82, 2.24) is 14.8 Å². The van der Waals surface area contributed by atoms with Gasteiger partial charge in [-0.3, -0.25) is 0 Å². The van der Waals surface area contributed by atoms with Gasteiger partial charge in [0.05, 0.1) is 5.69 Å². The van der Waals surface area contributed by atoms with E-state index in [4.69, 9.17) is 5.73 Å². The molecule has 0 radical (unpaired) electrons. The molecule has 0 saturated heterocycles. The van der Waals surface area contributed by atoms with Gasteiger partial charge in [-0.05, 0) is 6.42 Å². The number of hydrogen-bond donors (Lipinski definition) is 1. The summed E-state index contributed by atoms with van der Waals surface area (Å²) in [6, 6.07) is 1.64. The molecule has 0 fully saturated rings. The third-order valence-corrected chi connectivity index (χ3v) is 2.36. The quantitative estimate of drug-likeness (QED) is 0.857. The molecule has 18 heavy (non-hydrogen) atoms. The molecule has 1 heterocycles. The van der Waals surface area contributed by atoms with E-state index in [9.17, 15) is 13.2 Å². The molecule has 0 bridgehead atoms. The third kappa shape index (κ3) is 2.15. The molecule has 0 aliphatic carbocycles. The summed E-state index contributed by atoms with van der Waals surface area (Å²) in [5.41, 5.74) is 5.59. The number of rotatable bonds is 3. The van der Waals surface area contributed by atoms with Crippen LogP contribution in [0.1, 0.15) is 19.2 Å². The second-order valence-corrected chi connectivity index (χ2v) is 3.77. The topological polar surface area (TPSA) is 56.7 Å². The highest BCUT2D eigenvalue weighted by Gasteiger charge is 2.14. The van der Waals surface area contributed by atoms with Gasteiger partial charge in [-0.15, -0.1) is 5.10 Å². The number of hydrogen-bond acceptors (Lipinski definition) is 3. The Balaban J connectivity index is 2.48. The predicted octanol–water partition coefficient (Wildman–Crippen LogP) is 2.22. The summed E-state index contributed by atoms with van der Waals surface area (Å²) in [4.78, 5) is 3.95. The first-order valence-electron chi connectivity index (χ1n) is 5.39. The van der Waals surface area contributed by atoms with Crippen LogP contribution >= 0.6 is 0 Å². The lowest BCUT2D eigenvalue weighted by molar-refractivity contribution is 0.446. The monoisotopic (exact) mass is 256 g/mol. The van der Waals surface area contributed by atoms with Crippen molar-refractivity contribution < 1.29 is 13.2 Å². The standard InChI is InChI=1S/C11H11F3N4/c1-2-3-9-16-11(15)18(17-9)6-4-7(12)10(14)8(13)5-6/h4-5H,2-3H2,1H3,(H2,15,16,17). The molecule has 4 nitrogen and oxygen atoms in total. The molecule has 2 rings (SSSR count). The van der Waals surface area contributed by atoms with Gasteiger partial charge in [0.2, 0.25) is 5.95 Å². The summed E-state index contributed by atoms with van der Waals surface area (Å²) in [5.74, 6) is -3.64. The zero-order valence-corrected chi connectivity index (χ0v) is 9.62. The highest BCUT2D eigenvalue weighted by atomic mass is 19.2. The van der Waals surface area contributed by atoms with Crippen LogP contribution in [0.3, 0.4) is 0 Å². The molecule has 1 aromatic carbocycles. The minimum Gasteiger partial charge on any atom is -0.368 e. The zero-order valence-electron chi connectivity index (χ0n) is 9.62. The SMILES string of the molecule is CCCc1nc(N)n(-c2cc(F)c(F)c(F)c2)n1. The fourth-order valence-electron chi connectivity index (χ4n) is 1.55. The van der Waals surface area contributed by atoms with Gasteiger partial charge in [0.25, 0.3) is 0 Å². The van der Waals surface area contributed by atoms with E-state index in [0.29, 0.717) is 12.2 Å². The van der Waals surface area contributed by atoms with Crippen LogP contribution in [-0.2, 0) is 6.42 Å². The van der Waals surface area contributed by atoms with Gasteiger partial charge < -0.3 is 5.73 Å². The van der Waals surface area contributed by atoms with Gasteiger partial charge >= 0.3 is 0 Å². The highest BCUT2D eigenvalue weighted by Crippen LogP contribution is 2.18. The number of aryl methyl sites for hydroxylation is 1. The maximum Gasteiger partial charge on any atom is 0.223 e. The van der Waals surface area contributed by atoms with Gasteiger partial charge in [-0.1, -0.05) is 6.92 Å². The van der Waals surface area contributed by atoms with Crippen molar-refractivity contribution in [3.8, 4) is 5.69 Å². The smallest absolute Gasteiger partial charge is 0.223 e. The maximum atomic E-state index is 13.1. The number of nitrogens with zero attached hydrogens (tertiary/aromatic N) is 3. The normalized spacial score (nSPS) is 10.9. The second-order valence-electron chi connectivity index (χ2n) is 3.77. The molecular formula is C11H11F3N4. The molecule has 0 spiro atoms. The van der Waals surface area contributed by atoms with Crippen LogP contribution in [0.2, 0.25) is 0 Å². The van der Waals surface area contributed by atoms with Crippen LogP contribution < -0.4 is 5.73 Å². The van der Waals surface area contributed by atoms with Crippen LogP contribution in [0.25, 0.3) is 5.69 Å². The number of nitrogen functional groups attached to an aromatic ring is 1. The van der Waals surface area contributed by atoms with E-state index in [-0.39, 0.29) is 11.6 Å². The average Bonchev–Trinajstić information content (AvgIpc) is 2.67. The lowest BCUT2D eigenvalue weighted by Crippen LogP contribution is -2.05. The van der Waals surface area contributed by atoms with Crippen molar-refractivity contribution in [3.05, 3.63) is 35.4 Å². The number of nitrogens with two attached hydrogens (primary N) is 1. The van der Waals surface area contributed by atoms with Crippen LogP contribution in [0.5, 0.6) is 0 Å². The van der Waals surface area contributed by atoms with Crippen LogP contribution in [0.15, 0.2) is 12.1 Å². The Morgan fingerprint density at radius 2 is 1.83 bits per heavy atom. The molecule has 0 saturated carbocycles. The molecule has 0 amide bonds.